The van der Waals surface area contributed by atoms with Crippen LogP contribution in [0, 0.1) is 11.8 Å². The summed E-state index contributed by atoms with van der Waals surface area (Å²) in [5.41, 5.74) is 1.38. The number of piperidine rings is 2. The third kappa shape index (κ3) is 4.27. The predicted octanol–water partition coefficient (Wildman–Crippen LogP) is 4.47. The lowest BCUT2D eigenvalue weighted by Crippen LogP contribution is -2.45. The normalized spacial score (nSPS) is 22.3. The van der Waals surface area contributed by atoms with Crippen LogP contribution in [0.1, 0.15) is 43.0 Å². The molecule has 0 radical (unpaired) electrons. The van der Waals surface area contributed by atoms with Crippen LogP contribution in [0.15, 0.2) is 30.5 Å². The molecule has 2 aromatic rings. The molecule has 5 heteroatoms. The van der Waals surface area contributed by atoms with Gasteiger partial charge in [0.25, 0.3) is 5.91 Å². The summed E-state index contributed by atoms with van der Waals surface area (Å²) in [5.74, 6) is 1.49. The predicted molar refractivity (Wildman–Crippen MR) is 110 cm³/mol. The van der Waals surface area contributed by atoms with Gasteiger partial charge in [0.15, 0.2) is 0 Å². The number of hydrogen-bond acceptors (Lipinski definition) is 3. The minimum Gasteiger partial charge on any atom is -0.338 e. The molecule has 1 amide bonds. The Bertz CT molecular complexity index is 816. The molecule has 0 bridgehead atoms. The molecule has 0 N–H and O–H groups in total. The van der Waals surface area contributed by atoms with Gasteiger partial charge in [-0.05, 0) is 68.8 Å². The van der Waals surface area contributed by atoms with E-state index < -0.39 is 0 Å². The highest BCUT2D eigenvalue weighted by molar-refractivity contribution is 6.32. The van der Waals surface area contributed by atoms with E-state index in [1.165, 1.54) is 32.4 Å². The summed E-state index contributed by atoms with van der Waals surface area (Å²) >= 11 is 6.27. The molecular formula is C22H28ClN3O. The monoisotopic (exact) mass is 385 g/mol. The minimum atomic E-state index is 0.0677. The SMILES string of the molecule is CC1CCN(CC2CCCN(C(=O)c3cc(Cl)cc4cccnc34)C2)CC1. The zero-order valence-electron chi connectivity index (χ0n) is 16.0. The molecule has 4 rings (SSSR count). The number of aromatic nitrogens is 1. The average molecular weight is 386 g/mol. The smallest absolute Gasteiger partial charge is 0.256 e. The number of carbonyl (C=O) groups is 1. The lowest BCUT2D eigenvalue weighted by atomic mass is 9.94. The molecule has 1 aromatic heterocycles. The van der Waals surface area contributed by atoms with Gasteiger partial charge in [0, 0.05) is 36.2 Å². The quantitative estimate of drug-likeness (QED) is 0.781. The minimum absolute atomic E-state index is 0.0677. The molecule has 144 valence electrons. The number of fused-ring (bicyclic) bond motifs is 1. The molecule has 0 saturated carbocycles. The Morgan fingerprint density at radius 1 is 1.22 bits per heavy atom. The van der Waals surface area contributed by atoms with Gasteiger partial charge in [-0.1, -0.05) is 24.6 Å². The lowest BCUT2D eigenvalue weighted by Gasteiger charge is -2.38. The van der Waals surface area contributed by atoms with Gasteiger partial charge in [-0.3, -0.25) is 9.78 Å². The van der Waals surface area contributed by atoms with Gasteiger partial charge in [-0.25, -0.2) is 0 Å². The van der Waals surface area contributed by atoms with Crippen molar-refractivity contribution in [3.63, 3.8) is 0 Å². The van der Waals surface area contributed by atoms with E-state index in [0.29, 0.717) is 16.5 Å². The standard InChI is InChI=1S/C22H28ClN3O/c1-16-6-10-25(11-7-16)14-17-4-3-9-26(15-17)22(27)20-13-19(23)12-18-5-2-8-24-21(18)20/h2,5,8,12-13,16-17H,3-4,6-7,9-11,14-15H2,1H3. The maximum Gasteiger partial charge on any atom is 0.256 e. The van der Waals surface area contributed by atoms with Gasteiger partial charge in [0.1, 0.15) is 0 Å². The third-order valence-corrected chi connectivity index (χ3v) is 6.32. The zero-order valence-corrected chi connectivity index (χ0v) is 16.8. The molecule has 0 spiro atoms. The van der Waals surface area contributed by atoms with Crippen LogP contribution in [-0.2, 0) is 0 Å². The summed E-state index contributed by atoms with van der Waals surface area (Å²) in [6.45, 7) is 7.54. The summed E-state index contributed by atoms with van der Waals surface area (Å²) in [7, 11) is 0. The second kappa shape index (κ2) is 8.15. The molecule has 1 aromatic carbocycles. The van der Waals surface area contributed by atoms with Crippen LogP contribution in [0.2, 0.25) is 5.02 Å². The van der Waals surface area contributed by atoms with E-state index in [4.69, 9.17) is 11.6 Å². The molecule has 0 aliphatic carbocycles. The van der Waals surface area contributed by atoms with Crippen LogP contribution in [0.3, 0.4) is 0 Å². The van der Waals surface area contributed by atoms with E-state index in [2.05, 4.69) is 16.8 Å². The molecule has 1 atom stereocenters. The number of nitrogens with zero attached hydrogens (tertiary/aromatic N) is 3. The fraction of sp³-hybridized carbons (Fsp3) is 0.545. The fourth-order valence-corrected chi connectivity index (χ4v) is 4.72. The molecule has 4 nitrogen and oxygen atoms in total. The van der Waals surface area contributed by atoms with Crippen molar-refractivity contribution in [3.8, 4) is 0 Å². The second-order valence-corrected chi connectivity index (χ2v) is 8.71. The molecule has 2 fully saturated rings. The maximum absolute atomic E-state index is 13.3. The first-order valence-corrected chi connectivity index (χ1v) is 10.5. The highest BCUT2D eigenvalue weighted by Gasteiger charge is 2.28. The van der Waals surface area contributed by atoms with Gasteiger partial charge < -0.3 is 9.80 Å². The summed E-state index contributed by atoms with van der Waals surface area (Å²) in [4.78, 5) is 22.3. The number of hydrogen-bond donors (Lipinski definition) is 0. The molecule has 2 aliphatic rings. The van der Waals surface area contributed by atoms with Crippen LogP contribution in [0.25, 0.3) is 10.9 Å². The first kappa shape index (κ1) is 18.7. The topological polar surface area (TPSA) is 36.4 Å². The van der Waals surface area contributed by atoms with E-state index in [1.807, 2.05) is 23.1 Å². The first-order chi connectivity index (χ1) is 13.1. The van der Waals surface area contributed by atoms with E-state index in [-0.39, 0.29) is 5.91 Å². The summed E-state index contributed by atoms with van der Waals surface area (Å²) < 4.78 is 0. The van der Waals surface area contributed by atoms with Gasteiger partial charge in [0.2, 0.25) is 0 Å². The van der Waals surface area contributed by atoms with Crippen molar-refractivity contribution in [3.05, 3.63) is 41.0 Å². The first-order valence-electron chi connectivity index (χ1n) is 10.2. The number of amides is 1. The number of carbonyl (C=O) groups excluding carboxylic acids is 1. The largest absolute Gasteiger partial charge is 0.338 e. The van der Waals surface area contributed by atoms with Crippen LogP contribution in [0.5, 0.6) is 0 Å². The lowest BCUT2D eigenvalue weighted by molar-refractivity contribution is 0.0624. The van der Waals surface area contributed by atoms with E-state index >= 15 is 0 Å². The van der Waals surface area contributed by atoms with Crippen LogP contribution in [-0.4, -0.2) is 53.4 Å². The molecule has 2 aliphatic heterocycles. The molecular weight excluding hydrogens is 358 g/mol. The van der Waals surface area contributed by atoms with Gasteiger partial charge >= 0.3 is 0 Å². The number of benzene rings is 1. The van der Waals surface area contributed by atoms with Crippen molar-refractivity contribution >= 4 is 28.4 Å². The van der Waals surface area contributed by atoms with Crippen LogP contribution >= 0.6 is 11.6 Å². The van der Waals surface area contributed by atoms with Crippen molar-refractivity contribution in [2.75, 3.05) is 32.7 Å². The van der Waals surface area contributed by atoms with Gasteiger partial charge in [-0.2, -0.15) is 0 Å². The number of halogens is 1. The molecule has 1 unspecified atom stereocenters. The van der Waals surface area contributed by atoms with Gasteiger partial charge in [0.05, 0.1) is 11.1 Å². The number of likely N-dealkylation sites (tertiary alicyclic amines) is 2. The summed E-state index contributed by atoms with van der Waals surface area (Å²) in [6.07, 6.45) is 6.63. The maximum atomic E-state index is 13.3. The van der Waals surface area contributed by atoms with E-state index in [1.54, 1.807) is 12.3 Å². The van der Waals surface area contributed by atoms with Crippen molar-refractivity contribution in [2.24, 2.45) is 11.8 Å². The van der Waals surface area contributed by atoms with Crippen molar-refractivity contribution in [1.82, 2.24) is 14.8 Å². The van der Waals surface area contributed by atoms with Crippen molar-refractivity contribution in [2.45, 2.75) is 32.6 Å². The van der Waals surface area contributed by atoms with Crippen molar-refractivity contribution < 1.29 is 4.79 Å². The Hall–Kier alpha value is -1.65. The number of pyridine rings is 1. The Morgan fingerprint density at radius 3 is 2.85 bits per heavy atom. The van der Waals surface area contributed by atoms with Gasteiger partial charge in [-0.15, -0.1) is 0 Å². The van der Waals surface area contributed by atoms with E-state index in [9.17, 15) is 4.79 Å². The number of rotatable bonds is 3. The molecule has 2 saturated heterocycles. The third-order valence-electron chi connectivity index (χ3n) is 6.10. The second-order valence-electron chi connectivity index (χ2n) is 8.27. The van der Waals surface area contributed by atoms with Crippen LogP contribution in [0.4, 0.5) is 0 Å². The Morgan fingerprint density at radius 2 is 2.04 bits per heavy atom. The fourth-order valence-electron chi connectivity index (χ4n) is 4.50. The highest BCUT2D eigenvalue weighted by Crippen LogP contribution is 2.26. The van der Waals surface area contributed by atoms with Crippen LogP contribution < -0.4 is 0 Å². The Labute approximate surface area is 166 Å². The summed E-state index contributed by atoms with van der Waals surface area (Å²) in [6, 6.07) is 7.48. The van der Waals surface area contributed by atoms with Crippen molar-refractivity contribution in [1.29, 1.82) is 0 Å². The summed E-state index contributed by atoms with van der Waals surface area (Å²) in [5, 5.41) is 1.51. The molecule has 27 heavy (non-hydrogen) atoms. The average Bonchev–Trinajstić information content (AvgIpc) is 2.69. The zero-order chi connectivity index (χ0) is 18.8. The highest BCUT2D eigenvalue weighted by atomic mass is 35.5. The van der Waals surface area contributed by atoms with E-state index in [0.717, 1.165) is 42.9 Å². The Kier molecular flexibility index (Phi) is 5.65. The Balaban J connectivity index is 1.48. The molecule has 3 heterocycles.